The molecule has 1 atom stereocenters. The molecule has 1 aromatic heterocycles. The number of phenolic OH excluding ortho intramolecular Hbond substituents is 1. The molecule has 6 nitrogen and oxygen atoms in total. The van der Waals surface area contributed by atoms with E-state index in [-0.39, 0.29) is 5.75 Å². The fraction of sp³-hybridized carbons (Fsp3) is 0.286. The number of rotatable bonds is 3. The maximum absolute atomic E-state index is 11.5. The average Bonchev–Trinajstić information content (AvgIpc) is 2.67. The molecule has 138 valence electrons. The number of carbonyl (C=O) groups is 1. The minimum atomic E-state index is -0.769. The highest BCUT2D eigenvalue weighted by molar-refractivity contribution is 5.92. The van der Waals surface area contributed by atoms with Crippen LogP contribution in [0.4, 0.5) is 5.82 Å². The average molecular weight is 363 g/mol. The molecule has 0 aliphatic carbocycles. The van der Waals surface area contributed by atoms with Crippen molar-refractivity contribution in [2.24, 2.45) is 5.92 Å². The van der Waals surface area contributed by atoms with E-state index in [0.717, 1.165) is 35.2 Å². The number of aromatic nitrogens is 2. The Morgan fingerprint density at radius 1 is 1.19 bits per heavy atom. The first-order valence-electron chi connectivity index (χ1n) is 9.07. The SMILES string of the molecule is Cc1ccc2c(N3CCC[C@H](C(=O)O)C3)nc(-c3ccccc3O)nc2c1. The first-order chi connectivity index (χ1) is 13.0. The number of anilines is 1. The van der Waals surface area contributed by atoms with Crippen LogP contribution in [0.2, 0.25) is 0 Å². The van der Waals surface area contributed by atoms with E-state index in [4.69, 9.17) is 4.98 Å². The van der Waals surface area contributed by atoms with Gasteiger partial charge >= 0.3 is 5.97 Å². The molecular weight excluding hydrogens is 342 g/mol. The number of hydrogen-bond acceptors (Lipinski definition) is 5. The van der Waals surface area contributed by atoms with Gasteiger partial charge in [0.15, 0.2) is 5.82 Å². The van der Waals surface area contributed by atoms with Gasteiger partial charge in [-0.2, -0.15) is 0 Å². The zero-order chi connectivity index (χ0) is 19.0. The molecule has 0 spiro atoms. The summed E-state index contributed by atoms with van der Waals surface area (Å²) in [5, 5.41) is 20.6. The Hall–Kier alpha value is -3.15. The normalized spacial score (nSPS) is 17.2. The number of phenols is 1. The van der Waals surface area contributed by atoms with Crippen molar-refractivity contribution in [3.8, 4) is 17.1 Å². The Kier molecular flexibility index (Phi) is 4.39. The molecule has 1 aliphatic rings. The fourth-order valence-corrected chi connectivity index (χ4v) is 3.62. The van der Waals surface area contributed by atoms with E-state index in [9.17, 15) is 15.0 Å². The lowest BCUT2D eigenvalue weighted by Crippen LogP contribution is -2.39. The fourth-order valence-electron chi connectivity index (χ4n) is 3.62. The van der Waals surface area contributed by atoms with Crippen molar-refractivity contribution in [2.45, 2.75) is 19.8 Å². The molecule has 0 radical (unpaired) electrons. The van der Waals surface area contributed by atoms with Crippen LogP contribution in [-0.2, 0) is 4.79 Å². The van der Waals surface area contributed by atoms with Crippen LogP contribution in [0.25, 0.3) is 22.3 Å². The summed E-state index contributed by atoms with van der Waals surface area (Å²) >= 11 is 0. The molecule has 0 saturated carbocycles. The molecule has 27 heavy (non-hydrogen) atoms. The van der Waals surface area contributed by atoms with E-state index in [2.05, 4.69) is 4.98 Å². The second-order valence-electron chi connectivity index (χ2n) is 7.03. The van der Waals surface area contributed by atoms with Crippen molar-refractivity contribution < 1.29 is 15.0 Å². The molecule has 2 N–H and O–H groups in total. The highest BCUT2D eigenvalue weighted by Crippen LogP contribution is 2.33. The Morgan fingerprint density at radius 2 is 2.00 bits per heavy atom. The third-order valence-corrected chi connectivity index (χ3v) is 5.05. The third kappa shape index (κ3) is 3.30. The van der Waals surface area contributed by atoms with Crippen LogP contribution >= 0.6 is 0 Å². The number of aromatic hydroxyl groups is 1. The Bertz CT molecular complexity index is 1020. The zero-order valence-electron chi connectivity index (χ0n) is 15.1. The minimum absolute atomic E-state index is 0.123. The number of aliphatic carboxylic acids is 1. The van der Waals surface area contributed by atoms with E-state index in [1.807, 2.05) is 36.1 Å². The number of carboxylic acids is 1. The van der Waals surface area contributed by atoms with Crippen LogP contribution < -0.4 is 4.90 Å². The number of fused-ring (bicyclic) bond motifs is 1. The summed E-state index contributed by atoms with van der Waals surface area (Å²) in [5.41, 5.74) is 2.43. The van der Waals surface area contributed by atoms with Gasteiger partial charge < -0.3 is 15.1 Å². The largest absolute Gasteiger partial charge is 0.507 e. The lowest BCUT2D eigenvalue weighted by atomic mass is 9.98. The molecular formula is C21H21N3O3. The minimum Gasteiger partial charge on any atom is -0.507 e. The van der Waals surface area contributed by atoms with Crippen molar-refractivity contribution in [2.75, 3.05) is 18.0 Å². The number of piperidine rings is 1. The molecule has 1 aliphatic heterocycles. The molecule has 6 heteroatoms. The standard InChI is InChI=1S/C21H21N3O3/c1-13-8-9-15-17(11-13)22-19(16-6-2-3-7-18(16)25)23-20(15)24-10-4-5-14(12-24)21(26)27/h2-3,6-9,11,14,25H,4-5,10,12H2,1H3,(H,26,27)/t14-/m0/s1. The molecule has 4 rings (SSSR count). The molecule has 3 aromatic rings. The van der Waals surface area contributed by atoms with Gasteiger partial charge in [-0.3, -0.25) is 4.79 Å². The van der Waals surface area contributed by atoms with Gasteiger partial charge in [-0.25, -0.2) is 9.97 Å². The van der Waals surface area contributed by atoms with Gasteiger partial charge in [0, 0.05) is 18.5 Å². The maximum atomic E-state index is 11.5. The summed E-state index contributed by atoms with van der Waals surface area (Å²) in [7, 11) is 0. The van der Waals surface area contributed by atoms with Gasteiger partial charge in [-0.05, 0) is 49.6 Å². The van der Waals surface area contributed by atoms with Gasteiger partial charge in [0.25, 0.3) is 0 Å². The monoisotopic (exact) mass is 363 g/mol. The molecule has 1 saturated heterocycles. The molecule has 1 fully saturated rings. The summed E-state index contributed by atoms with van der Waals surface area (Å²) in [4.78, 5) is 22.9. The molecule has 0 unspecified atom stereocenters. The Morgan fingerprint density at radius 3 is 2.78 bits per heavy atom. The van der Waals surface area contributed by atoms with E-state index < -0.39 is 11.9 Å². The number of aryl methyl sites for hydroxylation is 1. The number of benzene rings is 2. The van der Waals surface area contributed by atoms with E-state index in [0.29, 0.717) is 24.4 Å². The summed E-state index contributed by atoms with van der Waals surface area (Å²) in [6.45, 7) is 3.18. The number of carboxylic acid groups (broad SMARTS) is 1. The lowest BCUT2D eigenvalue weighted by Gasteiger charge is -2.32. The van der Waals surface area contributed by atoms with Gasteiger partial charge in [0.1, 0.15) is 11.6 Å². The summed E-state index contributed by atoms with van der Waals surface area (Å²) < 4.78 is 0. The highest BCUT2D eigenvalue weighted by atomic mass is 16.4. The second-order valence-corrected chi connectivity index (χ2v) is 7.03. The Labute approximate surface area is 157 Å². The highest BCUT2D eigenvalue weighted by Gasteiger charge is 2.27. The van der Waals surface area contributed by atoms with E-state index in [1.165, 1.54) is 0 Å². The maximum Gasteiger partial charge on any atom is 0.308 e. The van der Waals surface area contributed by atoms with Gasteiger partial charge in [-0.15, -0.1) is 0 Å². The summed E-state index contributed by atoms with van der Waals surface area (Å²) in [5.74, 6) is 0.123. The zero-order valence-corrected chi connectivity index (χ0v) is 15.1. The number of nitrogens with zero attached hydrogens (tertiary/aromatic N) is 3. The first kappa shape index (κ1) is 17.3. The summed E-state index contributed by atoms with van der Waals surface area (Å²) in [6, 6.07) is 13.0. The van der Waals surface area contributed by atoms with Crippen LogP contribution in [-0.4, -0.2) is 39.2 Å². The first-order valence-corrected chi connectivity index (χ1v) is 9.07. The molecule has 2 heterocycles. The van der Waals surface area contributed by atoms with Crippen LogP contribution in [0.1, 0.15) is 18.4 Å². The van der Waals surface area contributed by atoms with Crippen molar-refractivity contribution in [3.63, 3.8) is 0 Å². The van der Waals surface area contributed by atoms with E-state index in [1.54, 1.807) is 18.2 Å². The van der Waals surface area contributed by atoms with E-state index >= 15 is 0 Å². The van der Waals surface area contributed by atoms with Crippen LogP contribution in [0.3, 0.4) is 0 Å². The van der Waals surface area contributed by atoms with Crippen molar-refractivity contribution in [1.82, 2.24) is 9.97 Å². The summed E-state index contributed by atoms with van der Waals surface area (Å²) in [6.07, 6.45) is 1.49. The van der Waals surface area contributed by atoms with Gasteiger partial charge in [0.2, 0.25) is 0 Å². The Balaban J connectivity index is 1.88. The van der Waals surface area contributed by atoms with Crippen molar-refractivity contribution >= 4 is 22.7 Å². The predicted molar refractivity (Wildman–Crippen MR) is 104 cm³/mol. The van der Waals surface area contributed by atoms with Gasteiger partial charge in [-0.1, -0.05) is 18.2 Å². The van der Waals surface area contributed by atoms with Gasteiger partial charge in [0.05, 0.1) is 17.0 Å². The van der Waals surface area contributed by atoms with Crippen LogP contribution in [0, 0.1) is 12.8 Å². The van der Waals surface area contributed by atoms with Crippen molar-refractivity contribution in [1.29, 1.82) is 0 Å². The third-order valence-electron chi connectivity index (χ3n) is 5.05. The smallest absolute Gasteiger partial charge is 0.308 e. The predicted octanol–water partition coefficient (Wildman–Crippen LogP) is 3.61. The molecule has 2 aromatic carbocycles. The van der Waals surface area contributed by atoms with Crippen molar-refractivity contribution in [3.05, 3.63) is 48.0 Å². The second kappa shape index (κ2) is 6.87. The number of hydrogen-bond donors (Lipinski definition) is 2. The number of para-hydroxylation sites is 1. The quantitative estimate of drug-likeness (QED) is 0.739. The topological polar surface area (TPSA) is 86.6 Å². The molecule has 0 amide bonds. The lowest BCUT2D eigenvalue weighted by molar-refractivity contribution is -0.141. The molecule has 0 bridgehead atoms. The van der Waals surface area contributed by atoms with Crippen LogP contribution in [0.15, 0.2) is 42.5 Å². The van der Waals surface area contributed by atoms with Crippen LogP contribution in [0.5, 0.6) is 5.75 Å².